The molecule has 0 bridgehead atoms. The minimum atomic E-state index is -0.861. The Morgan fingerprint density at radius 1 is 1.21 bits per heavy atom. The Hall–Kier alpha value is -2.68. The number of thioether (sulfide) groups is 1. The fourth-order valence-electron chi connectivity index (χ4n) is 2.78. The second-order valence-electron chi connectivity index (χ2n) is 6.66. The maximum Gasteiger partial charge on any atom is 0.265 e. The Kier molecular flexibility index (Phi) is 6.36. The molecule has 0 saturated carbocycles. The summed E-state index contributed by atoms with van der Waals surface area (Å²) in [7, 11) is 3.26. The standard InChI is InChI=1S/C21H20N2O4S2/c1-22(12-17(25)14-7-9-16(24)10-8-14)19(26)15-5-3-13(4-6-15)11-18-20(27)23(2)21(28)29-18/h3-11,17,24-25H,12H2,1-2H3. The first-order chi connectivity index (χ1) is 13.8. The van der Waals surface area contributed by atoms with E-state index in [1.54, 1.807) is 56.6 Å². The number of likely N-dealkylation sites (N-methyl/N-ethyl adjacent to an activating group) is 2. The number of amides is 2. The van der Waals surface area contributed by atoms with Crippen LogP contribution in [0.2, 0.25) is 0 Å². The van der Waals surface area contributed by atoms with Crippen LogP contribution in [0.5, 0.6) is 5.75 Å². The first kappa shape index (κ1) is 21.0. The van der Waals surface area contributed by atoms with Gasteiger partial charge >= 0.3 is 0 Å². The van der Waals surface area contributed by atoms with Crippen LogP contribution >= 0.6 is 24.0 Å². The number of aromatic hydroxyl groups is 1. The number of carbonyl (C=O) groups excluding carboxylic acids is 2. The molecule has 0 aliphatic carbocycles. The van der Waals surface area contributed by atoms with Gasteiger partial charge in [-0.1, -0.05) is 48.2 Å². The molecule has 1 saturated heterocycles. The molecule has 150 valence electrons. The number of rotatable bonds is 5. The van der Waals surface area contributed by atoms with Crippen molar-refractivity contribution in [3.8, 4) is 5.75 Å². The number of thiocarbonyl (C=S) groups is 1. The normalized spacial score (nSPS) is 16.4. The van der Waals surface area contributed by atoms with Gasteiger partial charge in [-0.3, -0.25) is 14.5 Å². The van der Waals surface area contributed by atoms with E-state index in [1.165, 1.54) is 33.7 Å². The van der Waals surface area contributed by atoms with Crippen LogP contribution in [0.4, 0.5) is 0 Å². The van der Waals surface area contributed by atoms with Crippen molar-refractivity contribution in [1.82, 2.24) is 9.80 Å². The summed E-state index contributed by atoms with van der Waals surface area (Å²) < 4.78 is 0.516. The quantitative estimate of drug-likeness (QED) is 0.563. The number of aliphatic hydroxyl groups is 1. The molecular weight excluding hydrogens is 408 g/mol. The lowest BCUT2D eigenvalue weighted by Gasteiger charge is -2.21. The fourth-order valence-corrected chi connectivity index (χ4v) is 3.96. The molecule has 1 atom stereocenters. The van der Waals surface area contributed by atoms with Crippen molar-refractivity contribution in [2.75, 3.05) is 20.6 Å². The lowest BCUT2D eigenvalue weighted by molar-refractivity contribution is -0.121. The molecule has 0 spiro atoms. The van der Waals surface area contributed by atoms with Crippen LogP contribution in [-0.4, -0.2) is 56.8 Å². The molecular formula is C21H20N2O4S2. The fraction of sp³-hybridized carbons (Fsp3) is 0.190. The Morgan fingerprint density at radius 3 is 2.38 bits per heavy atom. The number of carbonyl (C=O) groups is 2. The number of phenols is 1. The minimum Gasteiger partial charge on any atom is -0.508 e. The zero-order chi connectivity index (χ0) is 21.1. The van der Waals surface area contributed by atoms with Crippen LogP contribution < -0.4 is 0 Å². The third-order valence-electron chi connectivity index (χ3n) is 4.51. The number of phenolic OH excluding ortho intramolecular Hbond substituents is 1. The second-order valence-corrected chi connectivity index (χ2v) is 8.33. The molecule has 1 unspecified atom stereocenters. The van der Waals surface area contributed by atoms with Gasteiger partial charge in [0.2, 0.25) is 0 Å². The van der Waals surface area contributed by atoms with Gasteiger partial charge in [-0.25, -0.2) is 0 Å². The molecule has 2 N–H and O–H groups in total. The largest absolute Gasteiger partial charge is 0.508 e. The second kappa shape index (κ2) is 8.77. The monoisotopic (exact) mass is 428 g/mol. The van der Waals surface area contributed by atoms with Gasteiger partial charge in [0.15, 0.2) is 0 Å². The van der Waals surface area contributed by atoms with Gasteiger partial charge in [0.05, 0.1) is 17.6 Å². The van der Waals surface area contributed by atoms with Gasteiger partial charge in [0.1, 0.15) is 10.1 Å². The molecule has 3 rings (SSSR count). The Balaban J connectivity index is 1.66. The highest BCUT2D eigenvalue weighted by atomic mass is 32.2. The topological polar surface area (TPSA) is 81.1 Å². The van der Waals surface area contributed by atoms with E-state index in [-0.39, 0.29) is 24.1 Å². The van der Waals surface area contributed by atoms with Crippen molar-refractivity contribution >= 4 is 46.2 Å². The van der Waals surface area contributed by atoms with Crippen molar-refractivity contribution in [2.45, 2.75) is 6.10 Å². The summed E-state index contributed by atoms with van der Waals surface area (Å²) in [6.07, 6.45) is 0.884. The number of hydrogen-bond donors (Lipinski definition) is 2. The third kappa shape index (κ3) is 4.84. The SMILES string of the molecule is CN(CC(O)c1ccc(O)cc1)C(=O)c1ccc(C=C2SC(=S)N(C)C2=O)cc1. The van der Waals surface area contributed by atoms with E-state index in [2.05, 4.69) is 0 Å². The van der Waals surface area contributed by atoms with E-state index in [0.717, 1.165) is 5.56 Å². The average molecular weight is 429 g/mol. The molecule has 2 amide bonds. The van der Waals surface area contributed by atoms with Gasteiger partial charge in [0, 0.05) is 19.7 Å². The van der Waals surface area contributed by atoms with Gasteiger partial charge in [0.25, 0.3) is 11.8 Å². The van der Waals surface area contributed by atoms with Crippen molar-refractivity contribution in [1.29, 1.82) is 0 Å². The molecule has 2 aromatic carbocycles. The summed E-state index contributed by atoms with van der Waals surface area (Å²) in [4.78, 5) is 28.1. The highest BCUT2D eigenvalue weighted by Gasteiger charge is 2.28. The van der Waals surface area contributed by atoms with Crippen molar-refractivity contribution in [2.24, 2.45) is 0 Å². The molecule has 8 heteroatoms. The van der Waals surface area contributed by atoms with Gasteiger partial charge in [-0.2, -0.15) is 0 Å². The molecule has 1 aliphatic heterocycles. The lowest BCUT2D eigenvalue weighted by Crippen LogP contribution is -2.31. The van der Waals surface area contributed by atoms with Crippen LogP contribution in [0.15, 0.2) is 53.4 Å². The van der Waals surface area contributed by atoms with Crippen molar-refractivity contribution in [3.05, 3.63) is 70.1 Å². The van der Waals surface area contributed by atoms with E-state index in [0.29, 0.717) is 20.4 Å². The van der Waals surface area contributed by atoms with Crippen LogP contribution in [0.25, 0.3) is 6.08 Å². The van der Waals surface area contributed by atoms with E-state index in [9.17, 15) is 19.8 Å². The van der Waals surface area contributed by atoms with Crippen LogP contribution in [0.3, 0.4) is 0 Å². The van der Waals surface area contributed by atoms with E-state index >= 15 is 0 Å². The average Bonchev–Trinajstić information content (AvgIpc) is 2.95. The molecule has 2 aromatic rings. The van der Waals surface area contributed by atoms with E-state index < -0.39 is 6.10 Å². The Bertz CT molecular complexity index is 971. The number of benzene rings is 2. The smallest absolute Gasteiger partial charge is 0.265 e. The van der Waals surface area contributed by atoms with Crippen molar-refractivity contribution < 1.29 is 19.8 Å². The maximum absolute atomic E-state index is 12.6. The van der Waals surface area contributed by atoms with Crippen LogP contribution in [-0.2, 0) is 4.79 Å². The first-order valence-electron chi connectivity index (χ1n) is 8.80. The summed E-state index contributed by atoms with van der Waals surface area (Å²) in [5, 5.41) is 19.6. The zero-order valence-electron chi connectivity index (χ0n) is 15.9. The zero-order valence-corrected chi connectivity index (χ0v) is 17.5. The molecule has 6 nitrogen and oxygen atoms in total. The maximum atomic E-state index is 12.6. The van der Waals surface area contributed by atoms with Gasteiger partial charge in [-0.05, 0) is 41.5 Å². The first-order valence-corrected chi connectivity index (χ1v) is 10.0. The highest BCUT2D eigenvalue weighted by Crippen LogP contribution is 2.31. The lowest BCUT2D eigenvalue weighted by atomic mass is 10.1. The van der Waals surface area contributed by atoms with E-state index in [4.69, 9.17) is 12.2 Å². The molecule has 1 aliphatic rings. The van der Waals surface area contributed by atoms with Crippen molar-refractivity contribution in [3.63, 3.8) is 0 Å². The highest BCUT2D eigenvalue weighted by molar-refractivity contribution is 8.26. The number of aliphatic hydroxyl groups excluding tert-OH is 1. The summed E-state index contributed by atoms with van der Waals surface area (Å²) in [5.74, 6) is -0.246. The van der Waals surface area contributed by atoms with Gasteiger partial charge < -0.3 is 15.1 Å². The van der Waals surface area contributed by atoms with Crippen LogP contribution in [0.1, 0.15) is 27.6 Å². The summed E-state index contributed by atoms with van der Waals surface area (Å²) in [5.41, 5.74) is 1.89. The molecule has 29 heavy (non-hydrogen) atoms. The molecule has 1 heterocycles. The minimum absolute atomic E-state index is 0.115. The van der Waals surface area contributed by atoms with Crippen LogP contribution in [0, 0.1) is 0 Å². The third-order valence-corrected chi connectivity index (χ3v) is 6.00. The number of nitrogens with zero attached hydrogens (tertiary/aromatic N) is 2. The Morgan fingerprint density at radius 2 is 1.83 bits per heavy atom. The molecule has 1 fully saturated rings. The molecule has 0 aromatic heterocycles. The summed E-state index contributed by atoms with van der Waals surface area (Å²) >= 11 is 6.36. The van der Waals surface area contributed by atoms with Gasteiger partial charge in [-0.15, -0.1) is 0 Å². The predicted molar refractivity (Wildman–Crippen MR) is 117 cm³/mol. The summed E-state index contributed by atoms with van der Waals surface area (Å²) in [6.45, 7) is 0.115. The Labute approximate surface area is 178 Å². The predicted octanol–water partition coefficient (Wildman–Crippen LogP) is 3.03. The summed E-state index contributed by atoms with van der Waals surface area (Å²) in [6, 6.07) is 13.1. The molecule has 0 radical (unpaired) electrons. The van der Waals surface area contributed by atoms with E-state index in [1.807, 2.05) is 0 Å². The number of hydrogen-bond acceptors (Lipinski definition) is 6.